The first-order valence-corrected chi connectivity index (χ1v) is 6.11. The normalized spacial score (nSPS) is 17.2. The van der Waals surface area contributed by atoms with Crippen molar-refractivity contribution in [1.29, 1.82) is 0 Å². The van der Waals surface area contributed by atoms with Gasteiger partial charge >= 0.3 is 5.97 Å². The summed E-state index contributed by atoms with van der Waals surface area (Å²) in [6.45, 7) is 4.12. The molecule has 1 aromatic rings. The molecule has 0 aromatic carbocycles. The molecule has 0 aliphatic carbocycles. The van der Waals surface area contributed by atoms with E-state index in [1.165, 1.54) is 0 Å². The van der Waals surface area contributed by atoms with Gasteiger partial charge in [0.25, 0.3) is 0 Å². The Labute approximate surface area is 101 Å². The van der Waals surface area contributed by atoms with Crippen molar-refractivity contribution in [2.75, 3.05) is 24.6 Å². The van der Waals surface area contributed by atoms with Crippen molar-refractivity contribution in [1.82, 2.24) is 9.78 Å². The number of ether oxygens (including phenoxy) is 1. The SMILES string of the molecule is CCOC(=O)C1CCN(c2cnn(C)c2)CC1. The number of esters is 1. The van der Waals surface area contributed by atoms with Crippen LogP contribution in [0.3, 0.4) is 0 Å². The van der Waals surface area contributed by atoms with Gasteiger partial charge in [-0.15, -0.1) is 0 Å². The maximum absolute atomic E-state index is 11.6. The number of piperidine rings is 1. The zero-order chi connectivity index (χ0) is 12.3. The van der Waals surface area contributed by atoms with Gasteiger partial charge in [-0.1, -0.05) is 0 Å². The topological polar surface area (TPSA) is 47.4 Å². The maximum Gasteiger partial charge on any atom is 0.309 e. The van der Waals surface area contributed by atoms with E-state index in [4.69, 9.17) is 4.74 Å². The highest BCUT2D eigenvalue weighted by Crippen LogP contribution is 2.23. The monoisotopic (exact) mass is 237 g/mol. The lowest BCUT2D eigenvalue weighted by atomic mass is 9.97. The van der Waals surface area contributed by atoms with Crippen LogP contribution in [0.15, 0.2) is 12.4 Å². The second-order valence-corrected chi connectivity index (χ2v) is 4.39. The van der Waals surface area contributed by atoms with Crippen LogP contribution in [0.5, 0.6) is 0 Å². The quantitative estimate of drug-likeness (QED) is 0.741. The second-order valence-electron chi connectivity index (χ2n) is 4.39. The molecule has 1 aliphatic rings. The molecule has 17 heavy (non-hydrogen) atoms. The van der Waals surface area contributed by atoms with Gasteiger partial charge in [-0.25, -0.2) is 0 Å². The standard InChI is InChI=1S/C12H19N3O2/c1-3-17-12(16)10-4-6-15(7-5-10)11-8-13-14(2)9-11/h8-10H,3-7H2,1-2H3. The van der Waals surface area contributed by atoms with Gasteiger partial charge in [0.1, 0.15) is 0 Å². The van der Waals surface area contributed by atoms with Crippen LogP contribution in [0.1, 0.15) is 19.8 Å². The molecule has 0 unspecified atom stereocenters. The van der Waals surface area contributed by atoms with Gasteiger partial charge in [-0.3, -0.25) is 9.48 Å². The molecular formula is C12H19N3O2. The third kappa shape index (κ3) is 2.78. The summed E-state index contributed by atoms with van der Waals surface area (Å²) in [6, 6.07) is 0. The molecule has 1 aliphatic heterocycles. The molecule has 2 rings (SSSR count). The third-order valence-electron chi connectivity index (χ3n) is 3.17. The summed E-state index contributed by atoms with van der Waals surface area (Å²) < 4.78 is 6.85. The van der Waals surface area contributed by atoms with Gasteiger partial charge < -0.3 is 9.64 Å². The Bertz CT molecular complexity index is 381. The number of anilines is 1. The summed E-state index contributed by atoms with van der Waals surface area (Å²) in [6.07, 6.45) is 5.61. The molecule has 0 atom stereocenters. The van der Waals surface area contributed by atoms with E-state index in [1.54, 1.807) is 4.68 Å². The molecule has 5 nitrogen and oxygen atoms in total. The highest BCUT2D eigenvalue weighted by molar-refractivity contribution is 5.72. The molecule has 0 N–H and O–H groups in total. The third-order valence-corrected chi connectivity index (χ3v) is 3.17. The van der Waals surface area contributed by atoms with E-state index in [9.17, 15) is 4.79 Å². The van der Waals surface area contributed by atoms with Crippen molar-refractivity contribution >= 4 is 11.7 Å². The highest BCUT2D eigenvalue weighted by Gasteiger charge is 2.26. The molecule has 2 heterocycles. The molecule has 0 amide bonds. The zero-order valence-corrected chi connectivity index (χ0v) is 10.4. The Morgan fingerprint density at radius 1 is 1.53 bits per heavy atom. The van der Waals surface area contributed by atoms with E-state index in [0.717, 1.165) is 31.6 Å². The van der Waals surface area contributed by atoms with E-state index in [0.29, 0.717) is 6.61 Å². The second kappa shape index (κ2) is 5.21. The lowest BCUT2D eigenvalue weighted by Gasteiger charge is -2.31. The van der Waals surface area contributed by atoms with Crippen molar-refractivity contribution in [3.63, 3.8) is 0 Å². The lowest BCUT2D eigenvalue weighted by molar-refractivity contribution is -0.148. The van der Waals surface area contributed by atoms with Gasteiger partial charge in [0.05, 0.1) is 24.4 Å². The number of rotatable bonds is 3. The average Bonchev–Trinajstić information content (AvgIpc) is 2.76. The summed E-state index contributed by atoms with van der Waals surface area (Å²) in [5.74, 6) is 0.0289. The van der Waals surface area contributed by atoms with Crippen molar-refractivity contribution in [3.8, 4) is 0 Å². The molecule has 94 valence electrons. The Morgan fingerprint density at radius 3 is 2.76 bits per heavy atom. The van der Waals surface area contributed by atoms with Crippen LogP contribution in [0, 0.1) is 5.92 Å². The number of carbonyl (C=O) groups is 1. The molecule has 1 aromatic heterocycles. The maximum atomic E-state index is 11.6. The first kappa shape index (κ1) is 12.0. The van der Waals surface area contributed by atoms with Crippen LogP contribution < -0.4 is 4.90 Å². The van der Waals surface area contributed by atoms with Crippen LogP contribution >= 0.6 is 0 Å². The number of aromatic nitrogens is 2. The smallest absolute Gasteiger partial charge is 0.309 e. The Kier molecular flexibility index (Phi) is 3.66. The largest absolute Gasteiger partial charge is 0.466 e. The first-order valence-electron chi connectivity index (χ1n) is 6.11. The summed E-state index contributed by atoms with van der Waals surface area (Å²) in [5.41, 5.74) is 1.13. The van der Waals surface area contributed by atoms with E-state index < -0.39 is 0 Å². The summed E-state index contributed by atoms with van der Waals surface area (Å²) in [7, 11) is 1.91. The minimum atomic E-state index is -0.0432. The molecule has 0 spiro atoms. The number of carbonyl (C=O) groups excluding carboxylic acids is 1. The van der Waals surface area contributed by atoms with E-state index in [2.05, 4.69) is 10.00 Å². The van der Waals surface area contributed by atoms with Crippen LogP contribution in [0.25, 0.3) is 0 Å². The average molecular weight is 237 g/mol. The van der Waals surface area contributed by atoms with Gasteiger partial charge in [0.15, 0.2) is 0 Å². The van der Waals surface area contributed by atoms with Crippen LogP contribution in [-0.2, 0) is 16.6 Å². The van der Waals surface area contributed by atoms with Crippen LogP contribution in [0.2, 0.25) is 0 Å². The molecule has 0 radical (unpaired) electrons. The molecular weight excluding hydrogens is 218 g/mol. The molecule has 0 bridgehead atoms. The fourth-order valence-electron chi connectivity index (χ4n) is 2.21. The van der Waals surface area contributed by atoms with E-state index in [1.807, 2.05) is 26.4 Å². The number of hydrogen-bond acceptors (Lipinski definition) is 4. The van der Waals surface area contributed by atoms with Gasteiger partial charge in [-0.05, 0) is 19.8 Å². The molecule has 5 heteroatoms. The van der Waals surface area contributed by atoms with Crippen LogP contribution in [-0.4, -0.2) is 35.4 Å². The number of aryl methyl sites for hydroxylation is 1. The Balaban J connectivity index is 1.88. The minimum absolute atomic E-state index is 0.0432. The Morgan fingerprint density at radius 2 is 2.24 bits per heavy atom. The van der Waals surface area contributed by atoms with E-state index >= 15 is 0 Å². The summed E-state index contributed by atoms with van der Waals surface area (Å²) in [4.78, 5) is 13.9. The fraction of sp³-hybridized carbons (Fsp3) is 0.667. The molecule has 0 saturated carbocycles. The van der Waals surface area contributed by atoms with Gasteiger partial charge in [-0.2, -0.15) is 5.10 Å². The Hall–Kier alpha value is -1.52. The van der Waals surface area contributed by atoms with Crippen LogP contribution in [0.4, 0.5) is 5.69 Å². The summed E-state index contributed by atoms with van der Waals surface area (Å²) in [5, 5.41) is 4.16. The number of hydrogen-bond donors (Lipinski definition) is 0. The van der Waals surface area contributed by atoms with E-state index in [-0.39, 0.29) is 11.9 Å². The zero-order valence-electron chi connectivity index (χ0n) is 10.4. The van der Waals surface area contributed by atoms with Crippen molar-refractivity contribution in [2.45, 2.75) is 19.8 Å². The predicted molar refractivity (Wildman–Crippen MR) is 64.8 cm³/mol. The van der Waals surface area contributed by atoms with Crippen molar-refractivity contribution < 1.29 is 9.53 Å². The highest BCUT2D eigenvalue weighted by atomic mass is 16.5. The summed E-state index contributed by atoms with van der Waals surface area (Å²) >= 11 is 0. The molecule has 1 saturated heterocycles. The lowest BCUT2D eigenvalue weighted by Crippen LogP contribution is -2.36. The predicted octanol–water partition coefficient (Wildman–Crippen LogP) is 1.20. The van der Waals surface area contributed by atoms with Gasteiger partial charge in [0, 0.05) is 26.3 Å². The first-order chi connectivity index (χ1) is 8.20. The van der Waals surface area contributed by atoms with Crippen molar-refractivity contribution in [2.24, 2.45) is 13.0 Å². The van der Waals surface area contributed by atoms with Gasteiger partial charge in [0.2, 0.25) is 0 Å². The van der Waals surface area contributed by atoms with Crippen molar-refractivity contribution in [3.05, 3.63) is 12.4 Å². The molecule has 1 fully saturated rings. The fourth-order valence-corrected chi connectivity index (χ4v) is 2.21. The number of nitrogens with zero attached hydrogens (tertiary/aromatic N) is 3. The minimum Gasteiger partial charge on any atom is -0.466 e.